The highest BCUT2D eigenvalue weighted by Crippen LogP contribution is 2.48. The van der Waals surface area contributed by atoms with Crippen molar-refractivity contribution >= 4 is 23.2 Å². The molecule has 2 aromatic carbocycles. The SMILES string of the molecule is COc1ccc([C@H]2[C@H](Cl)C(=O)N2c2cc(OC)c(OC)c(OC)c2)cc1C. The minimum Gasteiger partial charge on any atom is -0.496 e. The summed E-state index contributed by atoms with van der Waals surface area (Å²) in [5.74, 6) is 2.03. The van der Waals surface area contributed by atoms with E-state index in [4.69, 9.17) is 30.5 Å². The largest absolute Gasteiger partial charge is 0.496 e. The highest BCUT2D eigenvalue weighted by atomic mass is 35.5. The van der Waals surface area contributed by atoms with Crippen molar-refractivity contribution in [2.45, 2.75) is 18.3 Å². The molecule has 1 saturated heterocycles. The van der Waals surface area contributed by atoms with Crippen LogP contribution in [0.15, 0.2) is 30.3 Å². The molecule has 0 unspecified atom stereocenters. The van der Waals surface area contributed by atoms with Gasteiger partial charge in [0, 0.05) is 12.1 Å². The third kappa shape index (κ3) is 3.14. The second kappa shape index (κ2) is 7.56. The van der Waals surface area contributed by atoms with Crippen molar-refractivity contribution < 1.29 is 23.7 Å². The first-order valence-electron chi connectivity index (χ1n) is 8.38. The Morgan fingerprint density at radius 1 is 0.889 bits per heavy atom. The van der Waals surface area contributed by atoms with E-state index in [9.17, 15) is 4.79 Å². The molecule has 144 valence electrons. The van der Waals surface area contributed by atoms with E-state index in [1.54, 1.807) is 24.1 Å². The first kappa shape index (κ1) is 19.2. The molecule has 0 aromatic heterocycles. The number of ether oxygens (including phenoxy) is 4. The van der Waals surface area contributed by atoms with Crippen molar-refractivity contribution in [3.05, 3.63) is 41.5 Å². The second-order valence-corrected chi connectivity index (χ2v) is 6.64. The highest BCUT2D eigenvalue weighted by Gasteiger charge is 2.48. The monoisotopic (exact) mass is 391 g/mol. The molecule has 6 nitrogen and oxygen atoms in total. The van der Waals surface area contributed by atoms with E-state index in [-0.39, 0.29) is 11.9 Å². The van der Waals surface area contributed by atoms with Crippen LogP contribution in [0.2, 0.25) is 0 Å². The van der Waals surface area contributed by atoms with Crippen LogP contribution >= 0.6 is 11.6 Å². The van der Waals surface area contributed by atoms with Gasteiger partial charge in [0.05, 0.1) is 40.2 Å². The summed E-state index contributed by atoms with van der Waals surface area (Å²) in [5.41, 5.74) is 2.54. The molecule has 2 atom stereocenters. The normalized spacial score (nSPS) is 18.7. The average Bonchev–Trinajstić information content (AvgIpc) is 2.69. The van der Waals surface area contributed by atoms with Gasteiger partial charge >= 0.3 is 0 Å². The summed E-state index contributed by atoms with van der Waals surface area (Å²) in [6.07, 6.45) is 0. The lowest BCUT2D eigenvalue weighted by molar-refractivity contribution is -0.123. The Kier molecular flexibility index (Phi) is 5.37. The van der Waals surface area contributed by atoms with Crippen molar-refractivity contribution in [2.24, 2.45) is 0 Å². The number of hydrogen-bond acceptors (Lipinski definition) is 5. The molecule has 2 aromatic rings. The van der Waals surface area contributed by atoms with Gasteiger partial charge in [-0.05, 0) is 24.1 Å². The molecule has 1 amide bonds. The van der Waals surface area contributed by atoms with E-state index in [0.717, 1.165) is 16.9 Å². The first-order valence-corrected chi connectivity index (χ1v) is 8.82. The molecule has 1 heterocycles. The predicted molar refractivity (Wildman–Crippen MR) is 104 cm³/mol. The van der Waals surface area contributed by atoms with E-state index < -0.39 is 5.38 Å². The van der Waals surface area contributed by atoms with Gasteiger partial charge in [0.25, 0.3) is 0 Å². The van der Waals surface area contributed by atoms with Gasteiger partial charge in [0.15, 0.2) is 11.5 Å². The van der Waals surface area contributed by atoms with Gasteiger partial charge in [0.2, 0.25) is 11.7 Å². The molecule has 0 radical (unpaired) electrons. The zero-order valence-corrected chi connectivity index (χ0v) is 16.7. The van der Waals surface area contributed by atoms with Gasteiger partial charge in [-0.3, -0.25) is 4.79 Å². The summed E-state index contributed by atoms with van der Waals surface area (Å²) in [7, 11) is 6.23. The third-order valence-electron chi connectivity index (χ3n) is 4.72. The molecule has 0 saturated carbocycles. The molecule has 0 aliphatic carbocycles. The molecular weight excluding hydrogens is 370 g/mol. The minimum absolute atomic E-state index is 0.176. The molecular formula is C20H22ClNO5. The molecule has 1 fully saturated rings. The number of nitrogens with zero attached hydrogens (tertiary/aromatic N) is 1. The summed E-state index contributed by atoms with van der Waals surface area (Å²) < 4.78 is 21.5. The number of methoxy groups -OCH3 is 4. The Bertz CT molecular complexity index is 844. The molecule has 3 rings (SSSR count). The van der Waals surface area contributed by atoms with Crippen molar-refractivity contribution in [3.8, 4) is 23.0 Å². The van der Waals surface area contributed by atoms with E-state index in [2.05, 4.69) is 0 Å². The van der Waals surface area contributed by atoms with Gasteiger partial charge < -0.3 is 23.8 Å². The molecule has 0 bridgehead atoms. The molecule has 1 aliphatic heterocycles. The van der Waals surface area contributed by atoms with E-state index >= 15 is 0 Å². The molecule has 27 heavy (non-hydrogen) atoms. The highest BCUT2D eigenvalue weighted by molar-refractivity contribution is 6.37. The molecule has 0 N–H and O–H groups in total. The maximum Gasteiger partial charge on any atom is 0.248 e. The van der Waals surface area contributed by atoms with Gasteiger partial charge in [-0.1, -0.05) is 12.1 Å². The number of aryl methyl sites for hydroxylation is 1. The Hall–Kier alpha value is -2.60. The first-order chi connectivity index (χ1) is 13.0. The van der Waals surface area contributed by atoms with Crippen molar-refractivity contribution in [2.75, 3.05) is 33.3 Å². The van der Waals surface area contributed by atoms with Crippen LogP contribution in [0.25, 0.3) is 0 Å². The van der Waals surface area contributed by atoms with Crippen molar-refractivity contribution in [1.82, 2.24) is 0 Å². The Labute approximate surface area is 163 Å². The number of carbonyl (C=O) groups is 1. The van der Waals surface area contributed by atoms with Crippen LogP contribution in [-0.2, 0) is 4.79 Å². The fourth-order valence-electron chi connectivity index (χ4n) is 3.35. The second-order valence-electron chi connectivity index (χ2n) is 6.17. The Morgan fingerprint density at radius 3 is 1.96 bits per heavy atom. The van der Waals surface area contributed by atoms with Crippen molar-refractivity contribution in [1.29, 1.82) is 0 Å². The maximum atomic E-state index is 12.6. The van der Waals surface area contributed by atoms with Crippen LogP contribution in [-0.4, -0.2) is 39.7 Å². The summed E-state index contributed by atoms with van der Waals surface area (Å²) in [6.45, 7) is 1.95. The summed E-state index contributed by atoms with van der Waals surface area (Å²) in [4.78, 5) is 14.2. The number of carbonyl (C=O) groups excluding carboxylic acids is 1. The molecule has 7 heteroatoms. The Balaban J connectivity index is 2.05. The Morgan fingerprint density at radius 2 is 1.48 bits per heavy atom. The summed E-state index contributed by atoms with van der Waals surface area (Å²) >= 11 is 6.37. The van der Waals surface area contributed by atoms with Gasteiger partial charge in [-0.25, -0.2) is 0 Å². The number of alkyl halides is 1. The fraction of sp³-hybridized carbons (Fsp3) is 0.350. The molecule has 1 aliphatic rings. The standard InChI is InChI=1S/C20H22ClNO5/c1-11-8-12(6-7-14(11)24-2)18-17(21)20(23)22(18)13-9-15(25-3)19(27-5)16(10-13)26-4/h6-10,17-18H,1-5H3/t17-,18-/m0/s1. The van der Waals surface area contributed by atoms with Crippen LogP contribution in [0.4, 0.5) is 5.69 Å². The van der Waals surface area contributed by atoms with Crippen LogP contribution in [0, 0.1) is 6.92 Å². The topological polar surface area (TPSA) is 57.2 Å². The van der Waals surface area contributed by atoms with Crippen LogP contribution in [0.3, 0.4) is 0 Å². The quantitative estimate of drug-likeness (QED) is 0.554. The van der Waals surface area contributed by atoms with Crippen LogP contribution < -0.4 is 23.8 Å². The van der Waals surface area contributed by atoms with Crippen LogP contribution in [0.1, 0.15) is 17.2 Å². The number of amides is 1. The number of benzene rings is 2. The van der Waals surface area contributed by atoms with Gasteiger partial charge in [-0.15, -0.1) is 11.6 Å². The lowest BCUT2D eigenvalue weighted by Gasteiger charge is -2.44. The van der Waals surface area contributed by atoms with Gasteiger partial charge in [0.1, 0.15) is 11.1 Å². The predicted octanol–water partition coefficient (Wildman–Crippen LogP) is 3.72. The zero-order chi connectivity index (χ0) is 19.7. The van der Waals surface area contributed by atoms with E-state index in [1.165, 1.54) is 21.3 Å². The number of anilines is 1. The minimum atomic E-state index is -0.642. The van der Waals surface area contributed by atoms with Gasteiger partial charge in [-0.2, -0.15) is 0 Å². The van der Waals surface area contributed by atoms with E-state index in [0.29, 0.717) is 22.9 Å². The number of rotatable bonds is 6. The maximum absolute atomic E-state index is 12.6. The number of β-lactam (4-membered cyclic amide) rings is 1. The molecule has 0 spiro atoms. The lowest BCUT2D eigenvalue weighted by Crippen LogP contribution is -2.56. The van der Waals surface area contributed by atoms with E-state index in [1.807, 2.05) is 25.1 Å². The summed E-state index contributed by atoms with van der Waals surface area (Å²) in [6, 6.07) is 8.97. The fourth-order valence-corrected chi connectivity index (χ4v) is 3.71. The zero-order valence-electron chi connectivity index (χ0n) is 15.9. The third-order valence-corrected chi connectivity index (χ3v) is 5.14. The van der Waals surface area contributed by atoms with Crippen LogP contribution in [0.5, 0.6) is 23.0 Å². The smallest absolute Gasteiger partial charge is 0.248 e. The van der Waals surface area contributed by atoms with Crippen molar-refractivity contribution in [3.63, 3.8) is 0 Å². The number of hydrogen-bond donors (Lipinski definition) is 0. The summed E-state index contributed by atoms with van der Waals surface area (Å²) in [5, 5.41) is -0.642. The number of halogens is 1. The lowest BCUT2D eigenvalue weighted by atomic mass is 9.91. The average molecular weight is 392 g/mol.